The van der Waals surface area contributed by atoms with Crippen LogP contribution < -0.4 is 10.2 Å². The molecule has 0 aliphatic carbocycles. The highest BCUT2D eigenvalue weighted by Crippen LogP contribution is 2.45. The van der Waals surface area contributed by atoms with Crippen LogP contribution >= 0.6 is 23.7 Å². The van der Waals surface area contributed by atoms with Crippen LogP contribution in [-0.2, 0) is 0 Å². The zero-order chi connectivity index (χ0) is 24.9. The summed E-state index contributed by atoms with van der Waals surface area (Å²) in [5.74, 6) is -2.05. The highest BCUT2D eigenvalue weighted by molar-refractivity contribution is 7.98. The molecule has 0 amide bonds. The molecule has 1 aliphatic rings. The third kappa shape index (κ3) is 5.60. The number of benzene rings is 3. The second kappa shape index (κ2) is 11.4. The molecule has 0 bridgehead atoms. The van der Waals surface area contributed by atoms with Crippen LogP contribution in [-0.4, -0.2) is 41.3 Å². The van der Waals surface area contributed by atoms with Crippen molar-refractivity contribution in [3.8, 4) is 0 Å². The number of halogens is 1. The van der Waals surface area contributed by atoms with E-state index in [9.17, 15) is 14.3 Å². The zero-order valence-electron chi connectivity index (χ0n) is 20.1. The second-order valence-electron chi connectivity index (χ2n) is 8.50. The number of likely N-dealkylation sites (N-methyl/N-ethyl adjacent to an activating group) is 1. The van der Waals surface area contributed by atoms with Gasteiger partial charge < -0.3 is 15.3 Å². The highest BCUT2D eigenvalue weighted by Gasteiger charge is 2.28. The lowest BCUT2D eigenvalue weighted by molar-refractivity contribution is 0.0692. The number of carboxylic acids is 1. The van der Waals surface area contributed by atoms with Crippen LogP contribution in [0.25, 0.3) is 0 Å². The number of para-hydroxylation sites is 1. The molecule has 3 aromatic rings. The van der Waals surface area contributed by atoms with Gasteiger partial charge in [-0.1, -0.05) is 44.0 Å². The van der Waals surface area contributed by atoms with E-state index in [4.69, 9.17) is 0 Å². The molecule has 4 rings (SSSR count). The maximum absolute atomic E-state index is 14.9. The van der Waals surface area contributed by atoms with E-state index >= 15 is 0 Å². The zero-order valence-corrected chi connectivity index (χ0v) is 21.8. The number of rotatable bonds is 8. The molecule has 0 saturated carbocycles. The first-order valence-corrected chi connectivity index (χ1v) is 13.7. The van der Waals surface area contributed by atoms with Gasteiger partial charge >= 0.3 is 5.97 Å². The van der Waals surface area contributed by atoms with E-state index in [1.807, 2.05) is 18.4 Å². The van der Waals surface area contributed by atoms with Gasteiger partial charge in [0.05, 0.1) is 22.6 Å². The minimum atomic E-state index is -1.29. The third-order valence-corrected chi connectivity index (χ3v) is 8.07. The summed E-state index contributed by atoms with van der Waals surface area (Å²) >= 11 is 3.27. The summed E-state index contributed by atoms with van der Waals surface area (Å²) in [4.78, 5) is 15.8. The fourth-order valence-electron chi connectivity index (χ4n) is 4.26. The van der Waals surface area contributed by atoms with Gasteiger partial charge in [-0.2, -0.15) is 0 Å². The fourth-order valence-corrected chi connectivity index (χ4v) is 5.88. The van der Waals surface area contributed by atoms with Gasteiger partial charge in [0.25, 0.3) is 0 Å². The van der Waals surface area contributed by atoms with E-state index in [0.717, 1.165) is 52.7 Å². The number of hydrogen-bond donors (Lipinski definition) is 2. The van der Waals surface area contributed by atoms with Crippen LogP contribution in [0.1, 0.15) is 36.5 Å². The van der Waals surface area contributed by atoms with Crippen molar-refractivity contribution in [1.82, 2.24) is 4.31 Å². The van der Waals surface area contributed by atoms with Gasteiger partial charge in [-0.05, 0) is 68.1 Å². The van der Waals surface area contributed by atoms with E-state index in [-0.39, 0.29) is 11.3 Å². The van der Waals surface area contributed by atoms with Gasteiger partial charge in [-0.25, -0.2) is 13.5 Å². The normalized spacial score (nSPS) is 16.0. The molecule has 5 nitrogen and oxygen atoms in total. The molecule has 1 heterocycles. The first-order chi connectivity index (χ1) is 16.9. The van der Waals surface area contributed by atoms with Gasteiger partial charge in [0.15, 0.2) is 5.82 Å². The predicted molar refractivity (Wildman–Crippen MR) is 145 cm³/mol. The van der Waals surface area contributed by atoms with Crippen molar-refractivity contribution in [2.75, 3.05) is 30.1 Å². The Hall–Kier alpha value is -2.68. The number of carbonyl (C=O) groups is 1. The van der Waals surface area contributed by atoms with Crippen LogP contribution in [0.2, 0.25) is 0 Å². The SMILES string of the molecule is CCCCC1CN(c2ccccc2)c2cc(SC)c(Nc3cccc(C(=O)O)c3F)cc2SN1C. The average molecular weight is 512 g/mol. The van der Waals surface area contributed by atoms with Gasteiger partial charge in [0.1, 0.15) is 0 Å². The smallest absolute Gasteiger partial charge is 0.338 e. The van der Waals surface area contributed by atoms with Gasteiger partial charge in [-0.3, -0.25) is 0 Å². The summed E-state index contributed by atoms with van der Waals surface area (Å²) in [5.41, 5.74) is 2.80. The van der Waals surface area contributed by atoms with Crippen LogP contribution in [0.4, 0.5) is 27.1 Å². The highest BCUT2D eigenvalue weighted by atomic mass is 32.2. The van der Waals surface area contributed by atoms with Crippen molar-refractivity contribution in [2.45, 2.75) is 42.0 Å². The van der Waals surface area contributed by atoms with E-state index in [1.165, 1.54) is 6.07 Å². The Bertz CT molecular complexity index is 1190. The van der Waals surface area contributed by atoms with E-state index in [1.54, 1.807) is 35.8 Å². The van der Waals surface area contributed by atoms with Crippen molar-refractivity contribution in [2.24, 2.45) is 0 Å². The summed E-state index contributed by atoms with van der Waals surface area (Å²) in [7, 11) is 2.13. The van der Waals surface area contributed by atoms with Crippen LogP contribution in [0.5, 0.6) is 0 Å². The number of carboxylic acid groups (broad SMARTS) is 1. The van der Waals surface area contributed by atoms with Crippen LogP contribution in [0.15, 0.2) is 70.5 Å². The quantitative estimate of drug-likeness (QED) is 0.238. The van der Waals surface area contributed by atoms with Gasteiger partial charge in [-0.15, -0.1) is 11.8 Å². The topological polar surface area (TPSA) is 55.8 Å². The van der Waals surface area contributed by atoms with Crippen molar-refractivity contribution in [3.63, 3.8) is 0 Å². The Kier molecular flexibility index (Phi) is 8.26. The van der Waals surface area contributed by atoms with Crippen molar-refractivity contribution >= 4 is 52.4 Å². The number of unbranched alkanes of at least 4 members (excludes halogenated alkanes) is 1. The first-order valence-electron chi connectivity index (χ1n) is 11.7. The Balaban J connectivity index is 1.78. The lowest BCUT2D eigenvalue weighted by Crippen LogP contribution is -2.35. The second-order valence-corrected chi connectivity index (χ2v) is 10.5. The molecule has 3 aromatic carbocycles. The predicted octanol–water partition coefficient (Wildman–Crippen LogP) is 7.64. The summed E-state index contributed by atoms with van der Waals surface area (Å²) in [6, 6.07) is 19.4. The summed E-state index contributed by atoms with van der Waals surface area (Å²) in [6.45, 7) is 3.09. The third-order valence-electron chi connectivity index (χ3n) is 6.18. The molecule has 2 N–H and O–H groups in total. The average Bonchev–Trinajstić information content (AvgIpc) is 2.99. The monoisotopic (exact) mass is 511 g/mol. The summed E-state index contributed by atoms with van der Waals surface area (Å²) in [5, 5.41) is 12.5. The fraction of sp³-hybridized carbons (Fsp3) is 0.296. The molecule has 1 atom stereocenters. The van der Waals surface area contributed by atoms with E-state index in [2.05, 4.69) is 58.8 Å². The van der Waals surface area contributed by atoms with Crippen molar-refractivity contribution in [1.29, 1.82) is 0 Å². The summed E-state index contributed by atoms with van der Waals surface area (Å²) in [6.07, 6.45) is 5.41. The molecule has 0 saturated heterocycles. The van der Waals surface area contributed by atoms with Crippen molar-refractivity contribution in [3.05, 3.63) is 72.0 Å². The number of aromatic carboxylic acids is 1. The standard InChI is InChI=1S/C27H30FN3O2S2/c1-4-5-10-19-17-31(18-11-7-6-8-12-18)23-16-24(34-3)22(15-25(23)35-30(19)2)29-21-14-9-13-20(26(21)28)27(32)33/h6-9,11-16,19,29H,4-5,10,17H2,1-3H3,(H,32,33). The maximum Gasteiger partial charge on any atom is 0.338 e. The molecule has 0 aromatic heterocycles. The number of hydrogen-bond acceptors (Lipinski definition) is 6. The Labute approximate surface area is 214 Å². The van der Waals surface area contributed by atoms with Gasteiger partial charge in [0, 0.05) is 28.1 Å². The Morgan fingerprint density at radius 1 is 1.17 bits per heavy atom. The van der Waals surface area contributed by atoms with Crippen molar-refractivity contribution < 1.29 is 14.3 Å². The summed E-state index contributed by atoms with van der Waals surface area (Å²) < 4.78 is 17.2. The molecule has 0 radical (unpaired) electrons. The molecule has 1 aliphatic heterocycles. The first kappa shape index (κ1) is 25.4. The van der Waals surface area contributed by atoms with Crippen LogP contribution in [0.3, 0.4) is 0 Å². The number of nitrogens with one attached hydrogen (secondary N) is 1. The Morgan fingerprint density at radius 3 is 2.63 bits per heavy atom. The number of nitrogens with zero attached hydrogens (tertiary/aromatic N) is 2. The van der Waals surface area contributed by atoms with E-state index in [0.29, 0.717) is 6.04 Å². The van der Waals surface area contributed by atoms with E-state index < -0.39 is 11.8 Å². The molecule has 8 heteroatoms. The lowest BCUT2D eigenvalue weighted by atomic mass is 10.1. The number of fused-ring (bicyclic) bond motifs is 1. The largest absolute Gasteiger partial charge is 0.478 e. The minimum absolute atomic E-state index is 0.146. The molecule has 184 valence electrons. The number of thioether (sulfide) groups is 1. The Morgan fingerprint density at radius 2 is 1.94 bits per heavy atom. The molecular formula is C27H30FN3O2S2. The molecular weight excluding hydrogens is 481 g/mol. The molecule has 0 spiro atoms. The van der Waals surface area contributed by atoms with Crippen LogP contribution in [0, 0.1) is 5.82 Å². The van der Waals surface area contributed by atoms with Gasteiger partial charge in [0.2, 0.25) is 0 Å². The minimum Gasteiger partial charge on any atom is -0.478 e. The lowest BCUT2D eigenvalue weighted by Gasteiger charge is -2.30. The molecule has 1 unspecified atom stereocenters. The molecule has 0 fully saturated rings. The number of anilines is 4. The maximum atomic E-state index is 14.9. The molecule has 35 heavy (non-hydrogen) atoms.